The smallest absolute Gasteiger partial charge is 0.178 e. The van der Waals surface area contributed by atoms with Crippen LogP contribution in [0.5, 0.6) is 0 Å². The number of imidazole rings is 1. The fourth-order valence-corrected chi connectivity index (χ4v) is 2.50. The van der Waals surface area contributed by atoms with Crippen molar-refractivity contribution in [1.29, 1.82) is 0 Å². The van der Waals surface area contributed by atoms with Gasteiger partial charge in [-0.25, -0.2) is 4.98 Å². The number of halogens is 2. The fraction of sp³-hybridized carbons (Fsp3) is 0.182. The standard InChI is InChI=1S/C11H9Cl2N5S/c1-17-5-14-10(16-17)4-18-9-3-7(13)6(12)2-8(9)15-11(18)19/h2-3,5H,4H2,1H3,(H,15,19). The first kappa shape index (κ1) is 12.7. The quantitative estimate of drug-likeness (QED) is 0.739. The molecule has 2 heterocycles. The van der Waals surface area contributed by atoms with Gasteiger partial charge >= 0.3 is 0 Å². The molecule has 0 spiro atoms. The summed E-state index contributed by atoms with van der Waals surface area (Å²) in [4.78, 5) is 7.28. The molecular formula is C11H9Cl2N5S. The zero-order valence-electron chi connectivity index (χ0n) is 9.89. The molecule has 3 aromatic rings. The minimum Gasteiger partial charge on any atom is -0.331 e. The van der Waals surface area contributed by atoms with E-state index in [4.69, 9.17) is 35.4 Å². The van der Waals surface area contributed by atoms with Crippen molar-refractivity contribution in [2.24, 2.45) is 7.05 Å². The van der Waals surface area contributed by atoms with Gasteiger partial charge in [-0.15, -0.1) is 0 Å². The van der Waals surface area contributed by atoms with Crippen molar-refractivity contribution in [3.05, 3.63) is 39.1 Å². The van der Waals surface area contributed by atoms with E-state index in [2.05, 4.69) is 15.1 Å². The lowest BCUT2D eigenvalue weighted by Gasteiger charge is -2.02. The summed E-state index contributed by atoms with van der Waals surface area (Å²) < 4.78 is 4.13. The Bertz CT molecular complexity index is 816. The number of nitrogens with one attached hydrogen (secondary N) is 1. The molecular weight excluding hydrogens is 305 g/mol. The highest BCUT2D eigenvalue weighted by Crippen LogP contribution is 2.27. The second-order valence-electron chi connectivity index (χ2n) is 4.13. The monoisotopic (exact) mass is 313 g/mol. The molecule has 0 bridgehead atoms. The first-order valence-corrected chi connectivity index (χ1v) is 6.63. The molecule has 0 saturated heterocycles. The maximum Gasteiger partial charge on any atom is 0.178 e. The van der Waals surface area contributed by atoms with Gasteiger partial charge in [0.15, 0.2) is 10.6 Å². The number of rotatable bonds is 2. The average molecular weight is 314 g/mol. The van der Waals surface area contributed by atoms with Crippen molar-refractivity contribution in [2.75, 3.05) is 0 Å². The third kappa shape index (κ3) is 2.27. The topological polar surface area (TPSA) is 51.4 Å². The van der Waals surface area contributed by atoms with Crippen LogP contribution in [0.4, 0.5) is 0 Å². The molecule has 0 atom stereocenters. The molecule has 8 heteroatoms. The van der Waals surface area contributed by atoms with E-state index in [9.17, 15) is 0 Å². The van der Waals surface area contributed by atoms with Gasteiger partial charge in [-0.3, -0.25) is 4.68 Å². The van der Waals surface area contributed by atoms with Crippen LogP contribution in [0.15, 0.2) is 18.5 Å². The van der Waals surface area contributed by atoms with Crippen LogP contribution in [-0.2, 0) is 13.6 Å². The summed E-state index contributed by atoms with van der Waals surface area (Å²) in [5.41, 5.74) is 1.72. The largest absolute Gasteiger partial charge is 0.331 e. The molecule has 0 amide bonds. The van der Waals surface area contributed by atoms with Gasteiger partial charge in [-0.05, 0) is 24.4 Å². The third-order valence-corrected chi connectivity index (χ3v) is 3.81. The Morgan fingerprint density at radius 2 is 2.05 bits per heavy atom. The summed E-state index contributed by atoms with van der Waals surface area (Å²) in [7, 11) is 1.82. The van der Waals surface area contributed by atoms with Gasteiger partial charge in [0.1, 0.15) is 6.33 Å². The van der Waals surface area contributed by atoms with E-state index in [1.807, 2.05) is 11.6 Å². The Balaban J connectivity index is 2.15. The number of benzene rings is 1. The van der Waals surface area contributed by atoms with Gasteiger partial charge in [0.05, 0.1) is 27.6 Å². The lowest BCUT2D eigenvalue weighted by atomic mass is 10.3. The maximum absolute atomic E-state index is 6.05. The number of aromatic nitrogens is 5. The van der Waals surface area contributed by atoms with E-state index in [-0.39, 0.29) is 0 Å². The van der Waals surface area contributed by atoms with E-state index in [0.717, 1.165) is 11.0 Å². The van der Waals surface area contributed by atoms with Crippen molar-refractivity contribution in [1.82, 2.24) is 24.3 Å². The lowest BCUT2D eigenvalue weighted by molar-refractivity contribution is 0.707. The molecule has 0 aliphatic heterocycles. The van der Waals surface area contributed by atoms with Gasteiger partial charge in [0.2, 0.25) is 0 Å². The number of aromatic amines is 1. The molecule has 5 nitrogen and oxygen atoms in total. The second kappa shape index (κ2) is 4.63. The predicted molar refractivity (Wildman–Crippen MR) is 77.2 cm³/mol. The highest BCUT2D eigenvalue weighted by atomic mass is 35.5. The van der Waals surface area contributed by atoms with Gasteiger partial charge in [-0.2, -0.15) is 5.10 Å². The van der Waals surface area contributed by atoms with Crippen LogP contribution in [0.2, 0.25) is 10.0 Å². The molecule has 1 aromatic carbocycles. The lowest BCUT2D eigenvalue weighted by Crippen LogP contribution is -2.02. The summed E-state index contributed by atoms with van der Waals surface area (Å²) >= 11 is 17.3. The van der Waals surface area contributed by atoms with Crippen LogP contribution in [0.3, 0.4) is 0 Å². The number of hydrogen-bond acceptors (Lipinski definition) is 3. The Morgan fingerprint density at radius 3 is 2.74 bits per heavy atom. The highest BCUT2D eigenvalue weighted by molar-refractivity contribution is 7.71. The van der Waals surface area contributed by atoms with E-state index >= 15 is 0 Å². The molecule has 0 fully saturated rings. The van der Waals surface area contributed by atoms with Crippen LogP contribution in [-0.4, -0.2) is 24.3 Å². The Kier molecular flexibility index (Phi) is 3.08. The summed E-state index contributed by atoms with van der Waals surface area (Å²) in [5.74, 6) is 0.686. The Morgan fingerprint density at radius 1 is 1.32 bits per heavy atom. The summed E-state index contributed by atoms with van der Waals surface area (Å²) in [6, 6.07) is 3.55. The van der Waals surface area contributed by atoms with Gasteiger partial charge in [-0.1, -0.05) is 23.2 Å². The van der Waals surface area contributed by atoms with Crippen molar-refractivity contribution in [2.45, 2.75) is 6.54 Å². The van der Waals surface area contributed by atoms with Gasteiger partial charge < -0.3 is 9.55 Å². The summed E-state index contributed by atoms with van der Waals surface area (Å²) in [6.07, 6.45) is 1.65. The molecule has 0 aliphatic carbocycles. The van der Waals surface area contributed by atoms with E-state index in [0.29, 0.717) is 27.2 Å². The average Bonchev–Trinajstić information content (AvgIpc) is 2.87. The van der Waals surface area contributed by atoms with Gasteiger partial charge in [0, 0.05) is 7.05 Å². The molecule has 0 radical (unpaired) electrons. The summed E-state index contributed by atoms with van der Waals surface area (Å²) in [5, 5.41) is 5.22. The van der Waals surface area contributed by atoms with Crippen LogP contribution in [0.1, 0.15) is 5.82 Å². The van der Waals surface area contributed by atoms with E-state index in [1.165, 1.54) is 0 Å². The van der Waals surface area contributed by atoms with Crippen LogP contribution >= 0.6 is 35.4 Å². The number of aryl methyl sites for hydroxylation is 1. The Labute approximate surface area is 123 Å². The zero-order valence-corrected chi connectivity index (χ0v) is 12.2. The Hall–Kier alpha value is -1.37. The van der Waals surface area contributed by atoms with Gasteiger partial charge in [0.25, 0.3) is 0 Å². The molecule has 0 saturated carbocycles. The van der Waals surface area contributed by atoms with E-state index < -0.39 is 0 Å². The maximum atomic E-state index is 6.05. The zero-order chi connectivity index (χ0) is 13.6. The molecule has 0 aliphatic rings. The summed E-state index contributed by atoms with van der Waals surface area (Å²) in [6.45, 7) is 0.484. The number of nitrogens with zero attached hydrogens (tertiary/aromatic N) is 4. The fourth-order valence-electron chi connectivity index (χ4n) is 1.91. The predicted octanol–water partition coefficient (Wildman–Crippen LogP) is 3.18. The van der Waals surface area contributed by atoms with Crippen molar-refractivity contribution >= 4 is 46.5 Å². The highest BCUT2D eigenvalue weighted by Gasteiger charge is 2.10. The molecule has 0 unspecified atom stereocenters. The third-order valence-electron chi connectivity index (χ3n) is 2.76. The molecule has 19 heavy (non-hydrogen) atoms. The minimum atomic E-state index is 0.484. The van der Waals surface area contributed by atoms with Crippen LogP contribution in [0, 0.1) is 4.77 Å². The van der Waals surface area contributed by atoms with Crippen molar-refractivity contribution in [3.8, 4) is 0 Å². The number of fused-ring (bicyclic) bond motifs is 1. The van der Waals surface area contributed by atoms with Crippen molar-refractivity contribution in [3.63, 3.8) is 0 Å². The van der Waals surface area contributed by atoms with Crippen LogP contribution in [0.25, 0.3) is 11.0 Å². The number of H-pyrrole nitrogens is 1. The molecule has 98 valence electrons. The van der Waals surface area contributed by atoms with Crippen molar-refractivity contribution < 1.29 is 0 Å². The molecule has 3 rings (SSSR count). The normalized spacial score (nSPS) is 11.3. The number of hydrogen-bond donors (Lipinski definition) is 1. The SMILES string of the molecule is Cn1cnc(Cn2c(=S)[nH]c3cc(Cl)c(Cl)cc32)n1. The second-order valence-corrected chi connectivity index (χ2v) is 5.34. The molecule has 2 aromatic heterocycles. The first-order valence-electron chi connectivity index (χ1n) is 5.46. The van der Waals surface area contributed by atoms with E-state index in [1.54, 1.807) is 23.1 Å². The molecule has 1 N–H and O–H groups in total. The first-order chi connectivity index (χ1) is 9.04. The van der Waals surface area contributed by atoms with Crippen LogP contribution < -0.4 is 0 Å². The minimum absolute atomic E-state index is 0.484.